The monoisotopic (exact) mass is 279 g/mol. The van der Waals surface area contributed by atoms with E-state index in [0.29, 0.717) is 25.3 Å². The van der Waals surface area contributed by atoms with Gasteiger partial charge in [0.25, 0.3) is 5.91 Å². The van der Waals surface area contributed by atoms with Gasteiger partial charge in [-0.2, -0.15) is 0 Å². The molecule has 2 heterocycles. The van der Waals surface area contributed by atoms with E-state index in [1.807, 2.05) is 4.90 Å². The fourth-order valence-corrected chi connectivity index (χ4v) is 2.40. The first kappa shape index (κ1) is 14.7. The van der Waals surface area contributed by atoms with Gasteiger partial charge in [-0.1, -0.05) is 0 Å². The van der Waals surface area contributed by atoms with Crippen molar-refractivity contribution >= 4 is 11.6 Å². The number of pyridine rings is 1. The summed E-state index contributed by atoms with van der Waals surface area (Å²) < 4.78 is 5.50. The second kappa shape index (κ2) is 7.21. The molecule has 20 heavy (non-hydrogen) atoms. The van der Waals surface area contributed by atoms with Gasteiger partial charge in [0.05, 0.1) is 36.8 Å². The van der Waals surface area contributed by atoms with E-state index in [-0.39, 0.29) is 18.6 Å². The largest absolute Gasteiger partial charge is 0.394 e. The normalized spacial score (nSPS) is 16.2. The van der Waals surface area contributed by atoms with Gasteiger partial charge in [-0.15, -0.1) is 0 Å². The SMILES string of the molecule is CNc1cnccc1C(=O)N1CCC(OCCO)CC1. The molecule has 0 bridgehead atoms. The number of aliphatic hydroxyl groups excluding tert-OH is 1. The zero-order valence-corrected chi connectivity index (χ0v) is 11.7. The maximum absolute atomic E-state index is 12.5. The molecule has 1 amide bonds. The summed E-state index contributed by atoms with van der Waals surface area (Å²) >= 11 is 0. The first-order valence-electron chi connectivity index (χ1n) is 6.89. The number of piperidine rings is 1. The predicted molar refractivity (Wildman–Crippen MR) is 75.7 cm³/mol. The molecule has 0 atom stereocenters. The van der Waals surface area contributed by atoms with Gasteiger partial charge in [-0.25, -0.2) is 0 Å². The summed E-state index contributed by atoms with van der Waals surface area (Å²) in [5.74, 6) is 0.0253. The lowest BCUT2D eigenvalue weighted by Crippen LogP contribution is -2.41. The second-order valence-corrected chi connectivity index (χ2v) is 4.76. The van der Waals surface area contributed by atoms with Crippen LogP contribution in [0.2, 0.25) is 0 Å². The van der Waals surface area contributed by atoms with Crippen LogP contribution in [0.25, 0.3) is 0 Å². The molecule has 6 nitrogen and oxygen atoms in total. The van der Waals surface area contributed by atoms with Crippen LogP contribution in [0.5, 0.6) is 0 Å². The number of aromatic nitrogens is 1. The summed E-state index contributed by atoms with van der Waals surface area (Å²) in [5, 5.41) is 11.7. The van der Waals surface area contributed by atoms with Gasteiger partial charge in [-0.05, 0) is 18.9 Å². The fourth-order valence-electron chi connectivity index (χ4n) is 2.40. The lowest BCUT2D eigenvalue weighted by molar-refractivity contribution is -0.00552. The van der Waals surface area contributed by atoms with Crippen molar-refractivity contribution in [3.8, 4) is 0 Å². The number of aliphatic hydroxyl groups is 1. The smallest absolute Gasteiger partial charge is 0.256 e. The van der Waals surface area contributed by atoms with E-state index in [0.717, 1.165) is 18.5 Å². The van der Waals surface area contributed by atoms with Crippen LogP contribution in [-0.4, -0.2) is 60.4 Å². The number of amides is 1. The summed E-state index contributed by atoms with van der Waals surface area (Å²) in [6, 6.07) is 1.74. The Hall–Kier alpha value is -1.66. The number of hydrogen-bond donors (Lipinski definition) is 2. The molecule has 1 aliphatic heterocycles. The minimum Gasteiger partial charge on any atom is -0.394 e. The molecule has 0 saturated carbocycles. The second-order valence-electron chi connectivity index (χ2n) is 4.76. The highest BCUT2D eigenvalue weighted by Gasteiger charge is 2.25. The summed E-state index contributed by atoms with van der Waals surface area (Å²) in [6.07, 6.45) is 5.06. The van der Waals surface area contributed by atoms with E-state index in [1.54, 1.807) is 25.5 Å². The summed E-state index contributed by atoms with van der Waals surface area (Å²) in [5.41, 5.74) is 1.40. The Balaban J connectivity index is 1.94. The lowest BCUT2D eigenvalue weighted by atomic mass is 10.1. The first-order valence-corrected chi connectivity index (χ1v) is 6.89. The highest BCUT2D eigenvalue weighted by atomic mass is 16.5. The molecule has 1 saturated heterocycles. The number of rotatable bonds is 5. The summed E-state index contributed by atoms with van der Waals surface area (Å²) in [4.78, 5) is 18.3. The van der Waals surface area contributed by atoms with Crippen molar-refractivity contribution < 1.29 is 14.6 Å². The maximum Gasteiger partial charge on any atom is 0.256 e. The van der Waals surface area contributed by atoms with Crippen LogP contribution in [0.15, 0.2) is 18.5 Å². The topological polar surface area (TPSA) is 74.7 Å². The number of hydrogen-bond acceptors (Lipinski definition) is 5. The molecular formula is C14H21N3O3. The van der Waals surface area contributed by atoms with Gasteiger partial charge in [0.2, 0.25) is 0 Å². The molecular weight excluding hydrogens is 258 g/mol. The number of nitrogens with one attached hydrogen (secondary N) is 1. The van der Waals surface area contributed by atoms with E-state index in [1.165, 1.54) is 0 Å². The van der Waals surface area contributed by atoms with Crippen molar-refractivity contribution in [3.63, 3.8) is 0 Å². The number of ether oxygens (including phenoxy) is 1. The van der Waals surface area contributed by atoms with Gasteiger partial charge in [-0.3, -0.25) is 9.78 Å². The fraction of sp³-hybridized carbons (Fsp3) is 0.571. The highest BCUT2D eigenvalue weighted by Crippen LogP contribution is 2.19. The van der Waals surface area contributed by atoms with Crippen LogP contribution >= 0.6 is 0 Å². The Kier molecular flexibility index (Phi) is 5.31. The molecule has 1 aliphatic rings. The molecule has 0 aromatic carbocycles. The van der Waals surface area contributed by atoms with Crippen molar-refractivity contribution in [2.45, 2.75) is 18.9 Å². The number of anilines is 1. The van der Waals surface area contributed by atoms with Crippen LogP contribution in [0.1, 0.15) is 23.2 Å². The van der Waals surface area contributed by atoms with Crippen LogP contribution in [0, 0.1) is 0 Å². The van der Waals surface area contributed by atoms with Crippen molar-refractivity contribution in [2.24, 2.45) is 0 Å². The van der Waals surface area contributed by atoms with Crippen LogP contribution in [0.4, 0.5) is 5.69 Å². The lowest BCUT2D eigenvalue weighted by Gasteiger charge is -2.32. The number of likely N-dealkylation sites (tertiary alicyclic amines) is 1. The third-order valence-corrected chi connectivity index (χ3v) is 3.49. The zero-order valence-electron chi connectivity index (χ0n) is 11.7. The van der Waals surface area contributed by atoms with E-state index in [2.05, 4.69) is 10.3 Å². The Bertz CT molecular complexity index is 445. The average molecular weight is 279 g/mol. The first-order chi connectivity index (χ1) is 9.76. The molecule has 1 fully saturated rings. The minimum absolute atomic E-state index is 0.0253. The molecule has 0 spiro atoms. The van der Waals surface area contributed by atoms with Crippen molar-refractivity contribution in [2.75, 3.05) is 38.7 Å². The van der Waals surface area contributed by atoms with E-state index in [9.17, 15) is 4.79 Å². The Morgan fingerprint density at radius 2 is 2.30 bits per heavy atom. The van der Waals surface area contributed by atoms with Gasteiger partial charge in [0.1, 0.15) is 0 Å². The number of carbonyl (C=O) groups excluding carboxylic acids is 1. The van der Waals surface area contributed by atoms with Crippen molar-refractivity contribution in [1.29, 1.82) is 0 Å². The highest BCUT2D eigenvalue weighted by molar-refractivity contribution is 5.99. The van der Waals surface area contributed by atoms with Crippen molar-refractivity contribution in [3.05, 3.63) is 24.0 Å². The van der Waals surface area contributed by atoms with Crippen LogP contribution < -0.4 is 5.32 Å². The molecule has 0 aliphatic carbocycles. The summed E-state index contributed by atoms with van der Waals surface area (Å²) in [7, 11) is 1.78. The molecule has 0 radical (unpaired) electrons. The molecule has 6 heteroatoms. The molecule has 1 aromatic rings. The Morgan fingerprint density at radius 1 is 1.55 bits per heavy atom. The third-order valence-electron chi connectivity index (χ3n) is 3.49. The molecule has 1 aromatic heterocycles. The summed E-state index contributed by atoms with van der Waals surface area (Å²) in [6.45, 7) is 1.77. The van der Waals surface area contributed by atoms with E-state index < -0.39 is 0 Å². The number of carbonyl (C=O) groups is 1. The predicted octanol–water partition coefficient (Wildman–Crippen LogP) is 0.737. The number of nitrogens with zero attached hydrogens (tertiary/aromatic N) is 2. The van der Waals surface area contributed by atoms with Crippen LogP contribution in [0.3, 0.4) is 0 Å². The van der Waals surface area contributed by atoms with Gasteiger partial charge >= 0.3 is 0 Å². The van der Waals surface area contributed by atoms with Gasteiger partial charge in [0.15, 0.2) is 0 Å². The molecule has 2 rings (SSSR count). The molecule has 110 valence electrons. The molecule has 0 unspecified atom stereocenters. The van der Waals surface area contributed by atoms with E-state index >= 15 is 0 Å². The minimum atomic E-state index is 0.0253. The standard InChI is InChI=1S/C14H21N3O3/c1-15-13-10-16-5-2-12(13)14(19)17-6-3-11(4-7-17)20-9-8-18/h2,5,10-11,15,18H,3-4,6-9H2,1H3. The van der Waals surface area contributed by atoms with Crippen LogP contribution in [-0.2, 0) is 4.74 Å². The Labute approximate surface area is 118 Å². The zero-order chi connectivity index (χ0) is 14.4. The maximum atomic E-state index is 12.5. The van der Waals surface area contributed by atoms with Gasteiger partial charge in [0, 0.05) is 26.3 Å². The molecule has 2 N–H and O–H groups in total. The van der Waals surface area contributed by atoms with Gasteiger partial charge < -0.3 is 20.1 Å². The quantitative estimate of drug-likeness (QED) is 0.831. The van der Waals surface area contributed by atoms with Crippen molar-refractivity contribution in [1.82, 2.24) is 9.88 Å². The van der Waals surface area contributed by atoms with E-state index in [4.69, 9.17) is 9.84 Å². The average Bonchev–Trinajstić information content (AvgIpc) is 2.52. The third kappa shape index (κ3) is 3.46. The Morgan fingerprint density at radius 3 is 2.95 bits per heavy atom.